The van der Waals surface area contributed by atoms with Gasteiger partial charge in [-0.25, -0.2) is 0 Å². The monoisotopic (exact) mass is 414 g/mol. The van der Waals surface area contributed by atoms with Crippen LogP contribution in [0.2, 0.25) is 0 Å². The SMILES string of the molecule is CC(C)C1Oc2cc([N+](=O)[O-])ccc2N(CC(=O)OCCOc2ccccc2)C1=O. The highest BCUT2D eigenvalue weighted by molar-refractivity contribution is 6.03. The standard InChI is InChI=1S/C21H22N2O7/c1-14(2)20-21(25)22(17-9-8-15(23(26)27)12-18(17)30-20)13-19(24)29-11-10-28-16-6-4-3-5-7-16/h3-9,12,14,20H,10-11,13H2,1-2H3. The van der Waals surface area contributed by atoms with Crippen LogP contribution in [0.25, 0.3) is 0 Å². The molecule has 1 aliphatic heterocycles. The van der Waals surface area contributed by atoms with Gasteiger partial charge in [0.05, 0.1) is 16.7 Å². The van der Waals surface area contributed by atoms with Gasteiger partial charge in [0.15, 0.2) is 11.9 Å². The first kappa shape index (κ1) is 21.1. The minimum absolute atomic E-state index is 0.0208. The average Bonchev–Trinajstić information content (AvgIpc) is 2.73. The molecule has 1 amide bonds. The van der Waals surface area contributed by atoms with Crippen molar-refractivity contribution in [1.82, 2.24) is 0 Å². The van der Waals surface area contributed by atoms with E-state index in [9.17, 15) is 19.7 Å². The molecule has 30 heavy (non-hydrogen) atoms. The minimum Gasteiger partial charge on any atom is -0.490 e. The third kappa shape index (κ3) is 4.86. The van der Waals surface area contributed by atoms with Crippen molar-refractivity contribution in [3.8, 4) is 11.5 Å². The van der Waals surface area contributed by atoms with Crippen LogP contribution in [0.5, 0.6) is 11.5 Å². The topological polar surface area (TPSA) is 108 Å². The molecule has 0 saturated carbocycles. The summed E-state index contributed by atoms with van der Waals surface area (Å²) in [6.07, 6.45) is -0.853. The summed E-state index contributed by atoms with van der Waals surface area (Å²) in [6, 6.07) is 13.0. The van der Waals surface area contributed by atoms with Crippen molar-refractivity contribution in [3.63, 3.8) is 0 Å². The van der Waals surface area contributed by atoms with Crippen molar-refractivity contribution >= 4 is 23.3 Å². The molecule has 0 aliphatic carbocycles. The molecule has 1 aliphatic rings. The summed E-state index contributed by atoms with van der Waals surface area (Å²) in [5.74, 6) is -0.366. The summed E-state index contributed by atoms with van der Waals surface area (Å²) in [4.78, 5) is 36.9. The van der Waals surface area contributed by atoms with Crippen LogP contribution in [-0.4, -0.2) is 42.7 Å². The van der Waals surface area contributed by atoms with Crippen molar-refractivity contribution in [2.45, 2.75) is 20.0 Å². The zero-order valence-electron chi connectivity index (χ0n) is 16.6. The van der Waals surface area contributed by atoms with Gasteiger partial charge in [0.2, 0.25) is 0 Å². The van der Waals surface area contributed by atoms with E-state index in [2.05, 4.69) is 0 Å². The highest BCUT2D eigenvalue weighted by Crippen LogP contribution is 2.38. The van der Waals surface area contributed by atoms with Crippen molar-refractivity contribution in [1.29, 1.82) is 0 Å². The maximum atomic E-state index is 12.8. The van der Waals surface area contributed by atoms with Crippen LogP contribution in [0.3, 0.4) is 0 Å². The number of carbonyl (C=O) groups excluding carboxylic acids is 2. The van der Waals surface area contributed by atoms with E-state index in [0.717, 1.165) is 0 Å². The summed E-state index contributed by atoms with van der Waals surface area (Å²) in [7, 11) is 0. The van der Waals surface area contributed by atoms with Crippen molar-refractivity contribution < 1.29 is 28.7 Å². The van der Waals surface area contributed by atoms with Crippen LogP contribution in [0.1, 0.15) is 13.8 Å². The second-order valence-corrected chi connectivity index (χ2v) is 7.00. The largest absolute Gasteiger partial charge is 0.490 e. The minimum atomic E-state index is -0.853. The molecule has 9 nitrogen and oxygen atoms in total. The number of nitrogens with zero attached hydrogens (tertiary/aromatic N) is 2. The first-order valence-corrected chi connectivity index (χ1v) is 9.46. The molecule has 0 saturated heterocycles. The Labute approximate surface area is 173 Å². The molecule has 2 aromatic carbocycles. The molecular weight excluding hydrogens is 392 g/mol. The highest BCUT2D eigenvalue weighted by atomic mass is 16.6. The molecule has 0 bridgehead atoms. The molecule has 1 atom stereocenters. The molecule has 3 rings (SSSR count). The molecule has 2 aromatic rings. The van der Waals surface area contributed by atoms with Crippen LogP contribution >= 0.6 is 0 Å². The number of esters is 1. The Hall–Kier alpha value is -3.62. The molecular formula is C21H22N2O7. The number of non-ortho nitro benzene ring substituents is 1. The Morgan fingerprint density at radius 1 is 1.20 bits per heavy atom. The van der Waals surface area contributed by atoms with E-state index >= 15 is 0 Å². The van der Waals surface area contributed by atoms with Gasteiger partial charge < -0.3 is 14.2 Å². The van der Waals surface area contributed by atoms with Crippen molar-refractivity contribution in [2.75, 3.05) is 24.7 Å². The normalized spacial score (nSPS) is 15.4. The van der Waals surface area contributed by atoms with Gasteiger partial charge in [-0.05, 0) is 24.1 Å². The lowest BCUT2D eigenvalue weighted by Crippen LogP contribution is -2.50. The number of benzene rings is 2. The number of carbonyl (C=O) groups is 2. The highest BCUT2D eigenvalue weighted by Gasteiger charge is 2.38. The van der Waals surface area contributed by atoms with E-state index in [4.69, 9.17) is 14.2 Å². The van der Waals surface area contributed by atoms with E-state index in [-0.39, 0.29) is 37.1 Å². The van der Waals surface area contributed by atoms with Gasteiger partial charge in [-0.15, -0.1) is 0 Å². The number of anilines is 1. The van der Waals surface area contributed by atoms with Crippen molar-refractivity contribution in [3.05, 3.63) is 58.6 Å². The van der Waals surface area contributed by atoms with Crippen LogP contribution < -0.4 is 14.4 Å². The Bertz CT molecular complexity index is 930. The third-order valence-corrected chi connectivity index (χ3v) is 4.46. The predicted octanol–water partition coefficient (Wildman–Crippen LogP) is 2.97. The number of amides is 1. The van der Waals surface area contributed by atoms with Crippen LogP contribution in [0.15, 0.2) is 48.5 Å². The number of hydrogen-bond donors (Lipinski definition) is 0. The lowest BCUT2D eigenvalue weighted by molar-refractivity contribution is -0.384. The Kier molecular flexibility index (Phi) is 6.51. The molecule has 0 aromatic heterocycles. The van der Waals surface area contributed by atoms with E-state index < -0.39 is 22.9 Å². The molecule has 1 unspecified atom stereocenters. The first-order valence-electron chi connectivity index (χ1n) is 9.46. The van der Waals surface area contributed by atoms with Gasteiger partial charge in [-0.2, -0.15) is 0 Å². The Balaban J connectivity index is 1.66. The molecule has 0 fully saturated rings. The number of nitro benzene ring substituents is 1. The van der Waals surface area contributed by atoms with Gasteiger partial charge >= 0.3 is 5.97 Å². The number of rotatable bonds is 8. The quantitative estimate of drug-likeness (QED) is 0.283. The fourth-order valence-electron chi connectivity index (χ4n) is 2.98. The van der Waals surface area contributed by atoms with Gasteiger partial charge in [0, 0.05) is 6.07 Å². The zero-order valence-corrected chi connectivity index (χ0v) is 16.6. The van der Waals surface area contributed by atoms with Gasteiger partial charge in [-0.1, -0.05) is 32.0 Å². The Morgan fingerprint density at radius 2 is 1.93 bits per heavy atom. The lowest BCUT2D eigenvalue weighted by atomic mass is 10.0. The summed E-state index contributed by atoms with van der Waals surface area (Å²) in [5, 5.41) is 11.1. The number of fused-ring (bicyclic) bond motifs is 1. The van der Waals surface area contributed by atoms with Crippen LogP contribution in [-0.2, 0) is 14.3 Å². The number of ether oxygens (including phenoxy) is 3. The van der Waals surface area contributed by atoms with E-state index in [1.54, 1.807) is 26.0 Å². The summed E-state index contributed by atoms with van der Waals surface area (Å²) < 4.78 is 16.3. The fraction of sp³-hybridized carbons (Fsp3) is 0.333. The second kappa shape index (κ2) is 9.25. The summed E-state index contributed by atoms with van der Waals surface area (Å²) in [6.45, 7) is 3.45. The van der Waals surface area contributed by atoms with Gasteiger partial charge in [0.1, 0.15) is 25.5 Å². The van der Waals surface area contributed by atoms with Gasteiger partial charge in [-0.3, -0.25) is 24.6 Å². The predicted molar refractivity (Wildman–Crippen MR) is 108 cm³/mol. The second-order valence-electron chi connectivity index (χ2n) is 7.00. The maximum absolute atomic E-state index is 12.8. The number of para-hydroxylation sites is 1. The number of nitro groups is 1. The molecule has 0 spiro atoms. The lowest BCUT2D eigenvalue weighted by Gasteiger charge is -2.35. The van der Waals surface area contributed by atoms with Crippen LogP contribution in [0, 0.1) is 16.0 Å². The van der Waals surface area contributed by atoms with Gasteiger partial charge in [0.25, 0.3) is 11.6 Å². The van der Waals surface area contributed by atoms with Crippen molar-refractivity contribution in [2.24, 2.45) is 5.92 Å². The smallest absolute Gasteiger partial charge is 0.326 e. The molecule has 0 radical (unpaired) electrons. The first-order chi connectivity index (χ1) is 14.4. The molecule has 0 N–H and O–H groups in total. The zero-order chi connectivity index (χ0) is 21.7. The maximum Gasteiger partial charge on any atom is 0.326 e. The van der Waals surface area contributed by atoms with E-state index in [1.807, 2.05) is 18.2 Å². The molecule has 1 heterocycles. The van der Waals surface area contributed by atoms with Crippen LogP contribution in [0.4, 0.5) is 11.4 Å². The van der Waals surface area contributed by atoms with E-state index in [0.29, 0.717) is 11.4 Å². The summed E-state index contributed by atoms with van der Waals surface area (Å²) >= 11 is 0. The Morgan fingerprint density at radius 3 is 2.60 bits per heavy atom. The molecule has 158 valence electrons. The molecule has 9 heteroatoms. The number of hydrogen-bond acceptors (Lipinski definition) is 7. The van der Waals surface area contributed by atoms with E-state index in [1.165, 1.54) is 23.1 Å². The fourth-order valence-corrected chi connectivity index (χ4v) is 2.98. The average molecular weight is 414 g/mol. The summed E-state index contributed by atoms with van der Waals surface area (Å²) in [5.41, 5.74) is 0.131. The third-order valence-electron chi connectivity index (χ3n) is 4.46.